The van der Waals surface area contributed by atoms with Gasteiger partial charge in [0.1, 0.15) is 22.6 Å². The summed E-state index contributed by atoms with van der Waals surface area (Å²) in [5.74, 6) is -1.50. The average Bonchev–Trinajstić information content (AvgIpc) is 2.51. The first kappa shape index (κ1) is 19.7. The van der Waals surface area contributed by atoms with E-state index in [1.807, 2.05) is 0 Å². The SMILES string of the molecule is CC(C)(C)OC(=O)N[C@]1(C(N)=O)CC[C@@H](Nc2cc(F)cnc2O)CC1. The number of nitrogens with one attached hydrogen (secondary N) is 2. The molecule has 0 radical (unpaired) electrons. The zero-order valence-corrected chi connectivity index (χ0v) is 15.1. The lowest BCUT2D eigenvalue weighted by atomic mass is 9.78. The maximum atomic E-state index is 13.3. The van der Waals surface area contributed by atoms with Crippen LogP contribution in [0.3, 0.4) is 0 Å². The van der Waals surface area contributed by atoms with Gasteiger partial charge in [-0.3, -0.25) is 4.79 Å². The van der Waals surface area contributed by atoms with Crippen molar-refractivity contribution in [2.24, 2.45) is 5.73 Å². The lowest BCUT2D eigenvalue weighted by molar-refractivity contribution is -0.125. The monoisotopic (exact) mass is 368 g/mol. The van der Waals surface area contributed by atoms with Crippen LogP contribution in [-0.2, 0) is 9.53 Å². The molecule has 1 saturated carbocycles. The van der Waals surface area contributed by atoms with Gasteiger partial charge in [-0.2, -0.15) is 0 Å². The number of carbonyl (C=O) groups is 2. The number of anilines is 1. The van der Waals surface area contributed by atoms with E-state index in [1.54, 1.807) is 20.8 Å². The number of carbonyl (C=O) groups excluding carboxylic acids is 2. The van der Waals surface area contributed by atoms with Gasteiger partial charge >= 0.3 is 6.09 Å². The number of aromatic hydroxyl groups is 1. The van der Waals surface area contributed by atoms with Gasteiger partial charge in [0.15, 0.2) is 0 Å². The molecule has 0 bridgehead atoms. The highest BCUT2D eigenvalue weighted by atomic mass is 19.1. The second-order valence-electron chi connectivity index (χ2n) is 7.52. The molecule has 5 N–H and O–H groups in total. The summed E-state index contributed by atoms with van der Waals surface area (Å²) in [4.78, 5) is 27.6. The van der Waals surface area contributed by atoms with E-state index in [0.29, 0.717) is 25.7 Å². The highest BCUT2D eigenvalue weighted by Gasteiger charge is 2.42. The first-order valence-electron chi connectivity index (χ1n) is 8.43. The van der Waals surface area contributed by atoms with Crippen LogP contribution in [0.15, 0.2) is 12.3 Å². The first-order chi connectivity index (χ1) is 12.0. The minimum Gasteiger partial charge on any atom is -0.492 e. The van der Waals surface area contributed by atoms with Gasteiger partial charge in [0.05, 0.1) is 6.20 Å². The quantitative estimate of drug-likeness (QED) is 0.644. The molecular formula is C17H25FN4O4. The number of nitrogens with two attached hydrogens (primary N) is 1. The van der Waals surface area contributed by atoms with E-state index < -0.39 is 29.0 Å². The van der Waals surface area contributed by atoms with Crippen molar-refractivity contribution in [1.82, 2.24) is 10.3 Å². The summed E-state index contributed by atoms with van der Waals surface area (Å²) in [6.07, 6.45) is 1.77. The Labute approximate surface area is 151 Å². The molecule has 2 rings (SSSR count). The van der Waals surface area contributed by atoms with Crippen LogP contribution in [0, 0.1) is 5.82 Å². The van der Waals surface area contributed by atoms with Crippen LogP contribution in [0.4, 0.5) is 14.9 Å². The molecule has 0 saturated heterocycles. The molecule has 1 aromatic heterocycles. The van der Waals surface area contributed by atoms with Gasteiger partial charge in [0.2, 0.25) is 11.8 Å². The van der Waals surface area contributed by atoms with E-state index in [9.17, 15) is 19.1 Å². The maximum absolute atomic E-state index is 13.3. The second-order valence-corrected chi connectivity index (χ2v) is 7.52. The summed E-state index contributed by atoms with van der Waals surface area (Å²) in [5, 5.41) is 15.3. The molecule has 1 heterocycles. The Kier molecular flexibility index (Phi) is 5.58. The number of nitrogens with zero attached hydrogens (tertiary/aromatic N) is 1. The molecule has 0 aromatic carbocycles. The molecule has 8 nitrogen and oxygen atoms in total. The van der Waals surface area contributed by atoms with Crippen molar-refractivity contribution in [2.75, 3.05) is 5.32 Å². The van der Waals surface area contributed by atoms with Crippen molar-refractivity contribution in [3.63, 3.8) is 0 Å². The van der Waals surface area contributed by atoms with Gasteiger partial charge in [-0.05, 0) is 46.5 Å². The molecular weight excluding hydrogens is 343 g/mol. The van der Waals surface area contributed by atoms with E-state index in [2.05, 4.69) is 15.6 Å². The predicted molar refractivity (Wildman–Crippen MR) is 93.0 cm³/mol. The molecule has 0 atom stereocenters. The summed E-state index contributed by atoms with van der Waals surface area (Å²) in [6.45, 7) is 5.18. The Morgan fingerprint density at radius 1 is 1.38 bits per heavy atom. The summed E-state index contributed by atoms with van der Waals surface area (Å²) < 4.78 is 18.5. The van der Waals surface area contributed by atoms with Crippen molar-refractivity contribution in [1.29, 1.82) is 0 Å². The Bertz CT molecular complexity index is 682. The fraction of sp³-hybridized carbons (Fsp3) is 0.588. The zero-order valence-electron chi connectivity index (χ0n) is 15.1. The average molecular weight is 368 g/mol. The predicted octanol–water partition coefficient (Wildman–Crippen LogP) is 2.03. The maximum Gasteiger partial charge on any atom is 0.408 e. The van der Waals surface area contributed by atoms with Crippen LogP contribution in [0.1, 0.15) is 46.5 Å². The number of alkyl carbamates (subject to hydrolysis) is 1. The van der Waals surface area contributed by atoms with Crippen molar-refractivity contribution in [2.45, 2.75) is 63.6 Å². The Balaban J connectivity index is 2.01. The summed E-state index contributed by atoms with van der Waals surface area (Å²) in [7, 11) is 0. The number of aromatic nitrogens is 1. The molecule has 1 aliphatic carbocycles. The number of rotatable bonds is 4. The van der Waals surface area contributed by atoms with E-state index in [1.165, 1.54) is 0 Å². The van der Waals surface area contributed by atoms with E-state index in [-0.39, 0.29) is 17.6 Å². The van der Waals surface area contributed by atoms with E-state index in [4.69, 9.17) is 10.5 Å². The summed E-state index contributed by atoms with van der Waals surface area (Å²) >= 11 is 0. The number of primary amides is 1. The van der Waals surface area contributed by atoms with Gasteiger partial charge in [-0.15, -0.1) is 0 Å². The topological polar surface area (TPSA) is 127 Å². The number of pyridine rings is 1. The second kappa shape index (κ2) is 7.35. The molecule has 0 spiro atoms. The smallest absolute Gasteiger partial charge is 0.408 e. The highest BCUT2D eigenvalue weighted by molar-refractivity contribution is 5.88. The van der Waals surface area contributed by atoms with Gasteiger partial charge in [0, 0.05) is 12.1 Å². The normalized spacial score (nSPS) is 23.2. The lowest BCUT2D eigenvalue weighted by Crippen LogP contribution is -2.60. The zero-order chi connectivity index (χ0) is 19.5. The Morgan fingerprint density at radius 2 is 2.00 bits per heavy atom. The summed E-state index contributed by atoms with van der Waals surface area (Å²) in [6, 6.07) is 1.02. The molecule has 0 unspecified atom stereocenters. The Morgan fingerprint density at radius 3 is 2.54 bits per heavy atom. The Hall–Kier alpha value is -2.58. The number of amides is 2. The van der Waals surface area contributed by atoms with Crippen molar-refractivity contribution in [3.8, 4) is 5.88 Å². The van der Waals surface area contributed by atoms with Crippen LogP contribution >= 0.6 is 0 Å². The van der Waals surface area contributed by atoms with Gasteiger partial charge in [-0.1, -0.05) is 0 Å². The minimum atomic E-state index is -1.19. The number of halogens is 1. The minimum absolute atomic E-state index is 0.127. The number of hydrogen-bond donors (Lipinski definition) is 4. The molecule has 1 aromatic rings. The number of hydrogen-bond acceptors (Lipinski definition) is 6. The van der Waals surface area contributed by atoms with Crippen LogP contribution in [0.25, 0.3) is 0 Å². The molecule has 1 fully saturated rings. The third-order valence-corrected chi connectivity index (χ3v) is 4.24. The van der Waals surface area contributed by atoms with E-state index in [0.717, 1.165) is 12.3 Å². The van der Waals surface area contributed by atoms with Crippen molar-refractivity contribution < 1.29 is 23.8 Å². The van der Waals surface area contributed by atoms with Crippen LogP contribution in [-0.4, -0.2) is 39.3 Å². The molecule has 26 heavy (non-hydrogen) atoms. The van der Waals surface area contributed by atoms with Crippen LogP contribution < -0.4 is 16.4 Å². The molecule has 144 valence electrons. The van der Waals surface area contributed by atoms with E-state index >= 15 is 0 Å². The van der Waals surface area contributed by atoms with Crippen LogP contribution in [0.2, 0.25) is 0 Å². The molecule has 0 aliphatic heterocycles. The van der Waals surface area contributed by atoms with Gasteiger partial charge in [0.25, 0.3) is 0 Å². The summed E-state index contributed by atoms with van der Waals surface area (Å²) in [5.41, 5.74) is 3.83. The largest absolute Gasteiger partial charge is 0.492 e. The number of ether oxygens (including phenoxy) is 1. The molecule has 9 heteroatoms. The van der Waals surface area contributed by atoms with Gasteiger partial charge in [-0.25, -0.2) is 14.2 Å². The fourth-order valence-electron chi connectivity index (χ4n) is 2.95. The third-order valence-electron chi connectivity index (χ3n) is 4.24. The lowest BCUT2D eigenvalue weighted by Gasteiger charge is -2.39. The van der Waals surface area contributed by atoms with Gasteiger partial charge < -0.3 is 26.2 Å². The molecule has 2 amide bonds. The van der Waals surface area contributed by atoms with Crippen molar-refractivity contribution in [3.05, 3.63) is 18.1 Å². The highest BCUT2D eigenvalue weighted by Crippen LogP contribution is 2.32. The molecule has 1 aliphatic rings. The fourth-order valence-corrected chi connectivity index (χ4v) is 2.95. The first-order valence-corrected chi connectivity index (χ1v) is 8.43. The van der Waals surface area contributed by atoms with Crippen molar-refractivity contribution >= 4 is 17.7 Å². The standard InChI is InChI=1S/C17H25FN4O4/c1-16(2,3)26-15(25)22-17(14(19)24)6-4-11(5-7-17)21-12-8-10(18)9-20-13(12)23/h8-9,11,21H,4-7H2,1-3H3,(H2,19,24)(H,20,23)(H,22,25)/t11-,17-. The van der Waals surface area contributed by atoms with Crippen LogP contribution in [0.5, 0.6) is 5.88 Å². The third kappa shape index (κ3) is 4.96.